The molecule has 67 heavy (non-hydrogen) atoms. The first-order chi connectivity index (χ1) is 33.3. The van der Waals surface area contributed by atoms with Gasteiger partial charge in [-0.15, -0.1) is 11.3 Å². The Kier molecular flexibility index (Phi) is 9.33. The monoisotopic (exact) mass is 869 g/mol. The van der Waals surface area contributed by atoms with E-state index in [9.17, 15) is 0 Å². The zero-order valence-corrected chi connectivity index (χ0v) is 37.5. The van der Waals surface area contributed by atoms with Crippen LogP contribution < -0.4 is 4.90 Å². The van der Waals surface area contributed by atoms with Crippen molar-refractivity contribution >= 4 is 59.3 Å². The van der Waals surface area contributed by atoms with Gasteiger partial charge in [0.05, 0.1) is 16.8 Å². The number of nitrogens with zero attached hydrogens (tertiary/aromatic N) is 1. The SMILES string of the molecule is c1ccc(C2(c3ccccc3)c3ccccc3-c3c(N(c4ccc(-c5cccc(-c6cccc7ccccc67)c5)cc4)c4ccccc4-c4cccc5c4sc4ccccc45)cccc32)cc1. The van der Waals surface area contributed by atoms with Crippen molar-refractivity contribution in [3.8, 4) is 44.5 Å². The van der Waals surface area contributed by atoms with Gasteiger partial charge in [-0.3, -0.25) is 0 Å². The second-order valence-corrected chi connectivity index (χ2v) is 18.6. The smallest absolute Gasteiger partial charge is 0.0714 e. The first kappa shape index (κ1) is 39.1. The molecule has 0 unspecified atom stereocenters. The second kappa shape index (κ2) is 16.0. The molecule has 0 radical (unpaired) electrons. The summed E-state index contributed by atoms with van der Waals surface area (Å²) in [7, 11) is 0. The van der Waals surface area contributed by atoms with Crippen LogP contribution in [-0.4, -0.2) is 0 Å². The molecule has 11 aromatic carbocycles. The minimum absolute atomic E-state index is 0.530. The highest BCUT2D eigenvalue weighted by Crippen LogP contribution is 2.60. The third-order valence-electron chi connectivity index (χ3n) is 14.0. The number of para-hydroxylation sites is 1. The highest BCUT2D eigenvalue weighted by molar-refractivity contribution is 7.26. The molecule has 0 atom stereocenters. The Bertz CT molecular complexity index is 3760. The minimum atomic E-state index is -0.530. The number of thiophene rings is 1. The van der Waals surface area contributed by atoms with E-state index in [2.05, 4.69) is 266 Å². The molecule has 0 saturated heterocycles. The van der Waals surface area contributed by atoms with E-state index in [0.717, 1.165) is 17.1 Å². The first-order valence-corrected chi connectivity index (χ1v) is 23.9. The number of benzene rings is 11. The van der Waals surface area contributed by atoms with Gasteiger partial charge in [0.1, 0.15) is 0 Å². The third-order valence-corrected chi connectivity index (χ3v) is 15.2. The van der Waals surface area contributed by atoms with Crippen molar-refractivity contribution < 1.29 is 0 Å². The van der Waals surface area contributed by atoms with E-state index in [0.29, 0.717) is 0 Å². The fourth-order valence-electron chi connectivity index (χ4n) is 11.1. The van der Waals surface area contributed by atoms with Gasteiger partial charge in [0.15, 0.2) is 0 Å². The standard InChI is InChI=1S/C65H43NS/c1-3-23-48(24-4-1)65(49-25-5-2-6-26-49)58-34-12-9-30-57(58)63-59(65)35-18-37-61(63)66(60-36-13-10-28-53(60)55-32-17-33-56-54-29-11-14-38-62(54)67-64(55)56)50-41-39-44(40-42-50)46-21-15-22-47(43-46)52-31-16-20-45-19-7-8-27-51(45)52/h1-43H. The Labute approximate surface area is 395 Å². The molecule has 0 saturated carbocycles. The van der Waals surface area contributed by atoms with Gasteiger partial charge < -0.3 is 4.90 Å². The molecule has 12 aromatic rings. The molecule has 1 nitrogen and oxygen atoms in total. The van der Waals surface area contributed by atoms with Crippen molar-refractivity contribution in [1.82, 2.24) is 0 Å². The normalized spacial score (nSPS) is 12.6. The van der Waals surface area contributed by atoms with Crippen molar-refractivity contribution in [2.24, 2.45) is 0 Å². The average Bonchev–Trinajstić information content (AvgIpc) is 3.94. The molecule has 1 heterocycles. The molecule has 1 aliphatic carbocycles. The van der Waals surface area contributed by atoms with E-state index >= 15 is 0 Å². The predicted octanol–water partition coefficient (Wildman–Crippen LogP) is 18.0. The number of fused-ring (bicyclic) bond motifs is 7. The van der Waals surface area contributed by atoms with E-state index in [-0.39, 0.29) is 0 Å². The van der Waals surface area contributed by atoms with Crippen LogP contribution >= 0.6 is 11.3 Å². The molecule has 0 aliphatic heterocycles. The minimum Gasteiger partial charge on any atom is -0.309 e. The summed E-state index contributed by atoms with van der Waals surface area (Å²) in [5.74, 6) is 0. The van der Waals surface area contributed by atoms with E-state index < -0.39 is 5.41 Å². The van der Waals surface area contributed by atoms with E-state index in [1.54, 1.807) is 0 Å². The summed E-state index contributed by atoms with van der Waals surface area (Å²) < 4.78 is 2.60. The van der Waals surface area contributed by atoms with Crippen LogP contribution in [0.5, 0.6) is 0 Å². The highest BCUT2D eigenvalue weighted by atomic mass is 32.1. The molecule has 0 N–H and O–H groups in total. The van der Waals surface area contributed by atoms with Crippen molar-refractivity contribution in [2.75, 3.05) is 4.90 Å². The lowest BCUT2D eigenvalue weighted by atomic mass is 9.68. The summed E-state index contributed by atoms with van der Waals surface area (Å²) in [5, 5.41) is 5.10. The summed E-state index contributed by atoms with van der Waals surface area (Å²) in [4.78, 5) is 2.53. The van der Waals surface area contributed by atoms with E-state index in [1.807, 2.05) is 11.3 Å². The molecule has 1 aliphatic rings. The lowest BCUT2D eigenvalue weighted by molar-refractivity contribution is 0.768. The lowest BCUT2D eigenvalue weighted by Crippen LogP contribution is -2.28. The van der Waals surface area contributed by atoms with Gasteiger partial charge in [0.25, 0.3) is 0 Å². The van der Waals surface area contributed by atoms with Gasteiger partial charge in [0, 0.05) is 42.6 Å². The topological polar surface area (TPSA) is 3.24 Å². The van der Waals surface area contributed by atoms with Crippen molar-refractivity contribution in [3.05, 3.63) is 283 Å². The average molecular weight is 870 g/mol. The Balaban J connectivity index is 1.04. The third kappa shape index (κ3) is 6.22. The Morgan fingerprint density at radius 1 is 0.328 bits per heavy atom. The summed E-state index contributed by atoms with van der Waals surface area (Å²) in [6.07, 6.45) is 0. The molecule has 2 heteroatoms. The van der Waals surface area contributed by atoms with Gasteiger partial charge in [-0.05, 0) is 97.2 Å². The van der Waals surface area contributed by atoms with Crippen molar-refractivity contribution in [2.45, 2.75) is 5.41 Å². The van der Waals surface area contributed by atoms with Gasteiger partial charge in [-0.2, -0.15) is 0 Å². The molecule has 0 spiro atoms. The molecule has 0 bridgehead atoms. The van der Waals surface area contributed by atoms with Gasteiger partial charge in [0.2, 0.25) is 0 Å². The Hall–Kier alpha value is -8.30. The second-order valence-electron chi connectivity index (χ2n) is 17.5. The Morgan fingerprint density at radius 2 is 0.881 bits per heavy atom. The van der Waals surface area contributed by atoms with Crippen LogP contribution in [0.4, 0.5) is 17.1 Å². The Morgan fingerprint density at radius 3 is 1.70 bits per heavy atom. The van der Waals surface area contributed by atoms with Crippen LogP contribution in [-0.2, 0) is 5.41 Å². The van der Waals surface area contributed by atoms with Crippen LogP contribution in [0.1, 0.15) is 22.3 Å². The maximum atomic E-state index is 2.53. The first-order valence-electron chi connectivity index (χ1n) is 23.1. The van der Waals surface area contributed by atoms with Crippen LogP contribution in [0.15, 0.2) is 261 Å². The fourth-order valence-corrected chi connectivity index (χ4v) is 12.3. The molecule has 13 rings (SSSR count). The van der Waals surface area contributed by atoms with Crippen molar-refractivity contribution in [1.29, 1.82) is 0 Å². The summed E-state index contributed by atoms with van der Waals surface area (Å²) in [6, 6.07) is 96.3. The number of anilines is 3. The van der Waals surface area contributed by atoms with Gasteiger partial charge in [-0.25, -0.2) is 0 Å². The van der Waals surface area contributed by atoms with E-state index in [4.69, 9.17) is 0 Å². The quantitative estimate of drug-likeness (QED) is 0.147. The largest absolute Gasteiger partial charge is 0.309 e. The number of rotatable bonds is 8. The zero-order valence-electron chi connectivity index (χ0n) is 36.7. The maximum absolute atomic E-state index is 2.53. The maximum Gasteiger partial charge on any atom is 0.0714 e. The number of hydrogen-bond acceptors (Lipinski definition) is 2. The van der Waals surface area contributed by atoms with E-state index in [1.165, 1.54) is 97.7 Å². The summed E-state index contributed by atoms with van der Waals surface area (Å²) in [6.45, 7) is 0. The van der Waals surface area contributed by atoms with Crippen LogP contribution in [0.3, 0.4) is 0 Å². The molecular weight excluding hydrogens is 827 g/mol. The van der Waals surface area contributed by atoms with Crippen LogP contribution in [0, 0.1) is 0 Å². The van der Waals surface area contributed by atoms with Gasteiger partial charge >= 0.3 is 0 Å². The fraction of sp³-hybridized carbons (Fsp3) is 0.0154. The molecule has 0 amide bonds. The molecular formula is C65H43NS. The van der Waals surface area contributed by atoms with Crippen LogP contribution in [0.25, 0.3) is 75.5 Å². The van der Waals surface area contributed by atoms with Crippen LogP contribution in [0.2, 0.25) is 0 Å². The molecule has 1 aromatic heterocycles. The number of hydrogen-bond donors (Lipinski definition) is 0. The summed E-state index contributed by atoms with van der Waals surface area (Å²) >= 11 is 1.88. The molecule has 314 valence electrons. The highest BCUT2D eigenvalue weighted by Gasteiger charge is 2.47. The van der Waals surface area contributed by atoms with Crippen molar-refractivity contribution in [3.63, 3.8) is 0 Å². The lowest BCUT2D eigenvalue weighted by Gasteiger charge is -2.34. The zero-order chi connectivity index (χ0) is 44.3. The predicted molar refractivity (Wildman–Crippen MR) is 285 cm³/mol. The van der Waals surface area contributed by atoms with Gasteiger partial charge in [-0.1, -0.05) is 224 Å². The summed E-state index contributed by atoms with van der Waals surface area (Å²) in [5.41, 5.74) is 17.6. The molecule has 0 fully saturated rings.